The van der Waals surface area contributed by atoms with E-state index in [1.54, 1.807) is 13.0 Å². The van der Waals surface area contributed by atoms with E-state index in [2.05, 4.69) is 15.9 Å². The monoisotopic (exact) mass is 273 g/mol. The molecule has 0 radical (unpaired) electrons. The van der Waals surface area contributed by atoms with Crippen molar-refractivity contribution in [1.82, 2.24) is 0 Å². The summed E-state index contributed by atoms with van der Waals surface area (Å²) in [6, 6.07) is 1.80. The van der Waals surface area contributed by atoms with Crippen LogP contribution >= 0.6 is 15.9 Å². The first-order valence-electron chi connectivity index (χ1n) is 4.95. The second kappa shape index (κ2) is 4.22. The summed E-state index contributed by atoms with van der Waals surface area (Å²) in [5.74, 6) is -0.130. The number of aryl methyl sites for hydroxylation is 1. The van der Waals surface area contributed by atoms with Crippen LogP contribution in [-0.2, 0) is 6.42 Å². The molecule has 0 unspecified atom stereocenters. The zero-order valence-electron chi connectivity index (χ0n) is 9.62. The molecule has 84 valence electrons. The van der Waals surface area contributed by atoms with E-state index in [9.17, 15) is 4.39 Å². The Hall–Kier alpha value is -0.410. The van der Waals surface area contributed by atoms with Gasteiger partial charge in [0.15, 0.2) is 0 Å². The van der Waals surface area contributed by atoms with Gasteiger partial charge in [-0.05, 0) is 56.9 Å². The Labute approximate surface area is 99.0 Å². The molecule has 0 fully saturated rings. The van der Waals surface area contributed by atoms with Crippen LogP contribution < -0.4 is 5.73 Å². The van der Waals surface area contributed by atoms with Crippen molar-refractivity contribution in [2.75, 3.05) is 0 Å². The SMILES string of the molecule is Cc1cc(Br)c(C)c(CC(C)(C)N)c1F. The van der Waals surface area contributed by atoms with E-state index in [1.807, 2.05) is 20.8 Å². The van der Waals surface area contributed by atoms with Gasteiger partial charge in [0.05, 0.1) is 0 Å². The van der Waals surface area contributed by atoms with E-state index in [4.69, 9.17) is 5.73 Å². The van der Waals surface area contributed by atoms with Crippen LogP contribution in [0.15, 0.2) is 10.5 Å². The van der Waals surface area contributed by atoms with E-state index in [0.29, 0.717) is 12.0 Å². The van der Waals surface area contributed by atoms with Crippen LogP contribution in [0.3, 0.4) is 0 Å². The van der Waals surface area contributed by atoms with Gasteiger partial charge >= 0.3 is 0 Å². The van der Waals surface area contributed by atoms with Crippen LogP contribution in [0.1, 0.15) is 30.5 Å². The zero-order chi connectivity index (χ0) is 11.8. The van der Waals surface area contributed by atoms with Gasteiger partial charge in [-0.25, -0.2) is 4.39 Å². The molecule has 0 aromatic heterocycles. The third kappa shape index (κ3) is 3.02. The summed E-state index contributed by atoms with van der Waals surface area (Å²) in [7, 11) is 0. The van der Waals surface area contributed by atoms with Crippen LogP contribution in [-0.4, -0.2) is 5.54 Å². The van der Waals surface area contributed by atoms with E-state index < -0.39 is 5.54 Å². The molecule has 1 aromatic rings. The van der Waals surface area contributed by atoms with Gasteiger partial charge in [0, 0.05) is 10.0 Å². The molecule has 0 saturated carbocycles. The molecular weight excluding hydrogens is 257 g/mol. The van der Waals surface area contributed by atoms with Crippen LogP contribution in [0.4, 0.5) is 4.39 Å². The summed E-state index contributed by atoms with van der Waals surface area (Å²) >= 11 is 3.43. The minimum atomic E-state index is -0.390. The first-order chi connectivity index (χ1) is 6.72. The predicted octanol–water partition coefficient (Wildman–Crippen LogP) is 3.48. The highest BCUT2D eigenvalue weighted by Gasteiger charge is 2.19. The molecule has 0 atom stereocenters. The summed E-state index contributed by atoms with van der Waals surface area (Å²) in [6.07, 6.45) is 0.547. The smallest absolute Gasteiger partial charge is 0.129 e. The van der Waals surface area contributed by atoms with Crippen LogP contribution in [0.25, 0.3) is 0 Å². The fourth-order valence-electron chi connectivity index (χ4n) is 1.57. The Bertz CT molecular complexity index is 354. The average Bonchev–Trinajstić information content (AvgIpc) is 2.08. The maximum absolute atomic E-state index is 13.9. The predicted molar refractivity (Wildman–Crippen MR) is 65.5 cm³/mol. The first kappa shape index (κ1) is 12.7. The van der Waals surface area contributed by atoms with Crippen LogP contribution in [0.2, 0.25) is 0 Å². The number of hydrogen-bond donors (Lipinski definition) is 1. The lowest BCUT2D eigenvalue weighted by molar-refractivity contribution is 0.493. The summed E-state index contributed by atoms with van der Waals surface area (Å²) in [5.41, 5.74) is 7.85. The summed E-state index contributed by atoms with van der Waals surface area (Å²) in [4.78, 5) is 0. The Morgan fingerprint density at radius 2 is 1.93 bits per heavy atom. The number of halogens is 2. The van der Waals surface area contributed by atoms with Crippen molar-refractivity contribution in [3.05, 3.63) is 33.0 Å². The Morgan fingerprint density at radius 1 is 1.40 bits per heavy atom. The van der Waals surface area contributed by atoms with E-state index >= 15 is 0 Å². The molecule has 3 heteroatoms. The maximum atomic E-state index is 13.9. The van der Waals surface area contributed by atoms with Crippen LogP contribution in [0, 0.1) is 19.7 Å². The molecule has 0 aliphatic carbocycles. The molecule has 1 nitrogen and oxygen atoms in total. The van der Waals surface area contributed by atoms with E-state index in [1.165, 1.54) is 0 Å². The van der Waals surface area contributed by atoms with Gasteiger partial charge < -0.3 is 5.73 Å². The molecular formula is C12H17BrFN. The summed E-state index contributed by atoms with van der Waals surface area (Å²) in [5, 5.41) is 0. The molecule has 0 bridgehead atoms. The van der Waals surface area contributed by atoms with Gasteiger partial charge in [0.25, 0.3) is 0 Å². The first-order valence-corrected chi connectivity index (χ1v) is 5.74. The average molecular weight is 274 g/mol. The van der Waals surface area contributed by atoms with Gasteiger partial charge in [-0.1, -0.05) is 15.9 Å². The normalized spacial score (nSPS) is 11.9. The molecule has 0 spiro atoms. The molecule has 1 aromatic carbocycles. The van der Waals surface area contributed by atoms with E-state index in [0.717, 1.165) is 15.6 Å². The van der Waals surface area contributed by atoms with Crippen molar-refractivity contribution in [2.24, 2.45) is 5.73 Å². The van der Waals surface area contributed by atoms with Gasteiger partial charge in [-0.2, -0.15) is 0 Å². The number of hydrogen-bond acceptors (Lipinski definition) is 1. The molecule has 0 amide bonds. The molecule has 0 saturated heterocycles. The standard InChI is InChI=1S/C12H17BrFN/c1-7-5-10(13)8(2)9(11(7)14)6-12(3,4)15/h5H,6,15H2,1-4H3. The number of benzene rings is 1. The Balaban J connectivity index is 3.27. The maximum Gasteiger partial charge on any atom is 0.129 e. The third-order valence-electron chi connectivity index (χ3n) is 2.40. The molecule has 2 N–H and O–H groups in total. The lowest BCUT2D eigenvalue weighted by Crippen LogP contribution is -2.35. The van der Waals surface area contributed by atoms with Gasteiger partial charge in [0.2, 0.25) is 0 Å². The van der Waals surface area contributed by atoms with Gasteiger partial charge in [-0.15, -0.1) is 0 Å². The van der Waals surface area contributed by atoms with Crippen molar-refractivity contribution >= 4 is 15.9 Å². The van der Waals surface area contributed by atoms with Crippen molar-refractivity contribution in [3.8, 4) is 0 Å². The number of rotatable bonds is 2. The van der Waals surface area contributed by atoms with Crippen molar-refractivity contribution in [2.45, 2.75) is 39.7 Å². The fraction of sp³-hybridized carbons (Fsp3) is 0.500. The highest BCUT2D eigenvalue weighted by molar-refractivity contribution is 9.10. The third-order valence-corrected chi connectivity index (χ3v) is 3.22. The molecule has 0 aliphatic rings. The van der Waals surface area contributed by atoms with Gasteiger partial charge in [0.1, 0.15) is 5.82 Å². The molecule has 0 heterocycles. The highest BCUT2D eigenvalue weighted by Crippen LogP contribution is 2.27. The quantitative estimate of drug-likeness (QED) is 0.877. The minimum Gasteiger partial charge on any atom is -0.325 e. The Kier molecular flexibility index (Phi) is 3.56. The lowest BCUT2D eigenvalue weighted by atomic mass is 9.92. The summed E-state index contributed by atoms with van der Waals surface area (Å²) in [6.45, 7) is 7.49. The Morgan fingerprint density at radius 3 is 2.40 bits per heavy atom. The zero-order valence-corrected chi connectivity index (χ0v) is 11.2. The van der Waals surface area contributed by atoms with Crippen molar-refractivity contribution < 1.29 is 4.39 Å². The lowest BCUT2D eigenvalue weighted by Gasteiger charge is -2.21. The van der Waals surface area contributed by atoms with E-state index in [-0.39, 0.29) is 5.82 Å². The molecule has 0 aliphatic heterocycles. The molecule has 1 rings (SSSR count). The second-order valence-electron chi connectivity index (χ2n) is 4.76. The minimum absolute atomic E-state index is 0.130. The van der Waals surface area contributed by atoms with Gasteiger partial charge in [-0.3, -0.25) is 0 Å². The van der Waals surface area contributed by atoms with Crippen molar-refractivity contribution in [3.63, 3.8) is 0 Å². The van der Waals surface area contributed by atoms with Crippen molar-refractivity contribution in [1.29, 1.82) is 0 Å². The molecule has 15 heavy (non-hydrogen) atoms. The topological polar surface area (TPSA) is 26.0 Å². The largest absolute Gasteiger partial charge is 0.325 e. The summed E-state index contributed by atoms with van der Waals surface area (Å²) < 4.78 is 14.8. The highest BCUT2D eigenvalue weighted by atomic mass is 79.9. The number of nitrogens with two attached hydrogens (primary N) is 1. The second-order valence-corrected chi connectivity index (χ2v) is 5.61. The van der Waals surface area contributed by atoms with Crippen LogP contribution in [0.5, 0.6) is 0 Å². The fourth-order valence-corrected chi connectivity index (χ4v) is 2.16.